The first kappa shape index (κ1) is 14.2. The zero-order valence-corrected chi connectivity index (χ0v) is 12.6. The van der Waals surface area contributed by atoms with Gasteiger partial charge in [-0.15, -0.1) is 0 Å². The Balaban J connectivity index is 2.21. The van der Waals surface area contributed by atoms with Crippen LogP contribution >= 0.6 is 11.8 Å². The molecule has 2 heteroatoms. The van der Waals surface area contributed by atoms with Crippen molar-refractivity contribution in [3.63, 3.8) is 0 Å². The Morgan fingerprint density at radius 3 is 2.11 bits per heavy atom. The van der Waals surface area contributed by atoms with Crippen LogP contribution in [0.2, 0.25) is 0 Å². The molecule has 100 valence electrons. The average Bonchev–Trinajstić information content (AvgIpc) is 2.39. The summed E-state index contributed by atoms with van der Waals surface area (Å²) in [5.74, 6) is 0.579. The molecule has 0 fully saturated rings. The van der Waals surface area contributed by atoms with Gasteiger partial charge in [0.1, 0.15) is 0 Å². The maximum atomic E-state index is 6.02. The molecule has 2 aromatic rings. The van der Waals surface area contributed by atoms with Gasteiger partial charge in [0.05, 0.1) is 0 Å². The Kier molecular flexibility index (Phi) is 4.67. The smallest absolute Gasteiger partial charge is 0.0277 e. The summed E-state index contributed by atoms with van der Waals surface area (Å²) in [7, 11) is 0. The standard InChI is InChI=1S/C17H21NS/c1-12(2)14-8-10-15(11-9-14)19-17-7-5-4-6-16(17)13(3)18/h4-13H,18H2,1-3H3/t13-/m1/s1. The minimum atomic E-state index is 0.0682. The number of hydrogen-bond donors (Lipinski definition) is 1. The molecule has 0 aromatic heterocycles. The first-order valence-corrected chi connectivity index (χ1v) is 7.52. The molecule has 19 heavy (non-hydrogen) atoms. The zero-order chi connectivity index (χ0) is 13.8. The zero-order valence-electron chi connectivity index (χ0n) is 11.8. The van der Waals surface area contributed by atoms with Crippen molar-refractivity contribution in [1.82, 2.24) is 0 Å². The van der Waals surface area contributed by atoms with Crippen LogP contribution < -0.4 is 5.73 Å². The lowest BCUT2D eigenvalue weighted by molar-refractivity contribution is 0.797. The predicted octanol–water partition coefficient (Wildman–Crippen LogP) is 4.98. The fourth-order valence-electron chi connectivity index (χ4n) is 2.00. The molecule has 0 bridgehead atoms. The first-order valence-electron chi connectivity index (χ1n) is 6.70. The highest BCUT2D eigenvalue weighted by Crippen LogP contribution is 2.33. The monoisotopic (exact) mass is 271 g/mol. The lowest BCUT2D eigenvalue weighted by Gasteiger charge is -2.12. The van der Waals surface area contributed by atoms with Gasteiger partial charge in [0.25, 0.3) is 0 Å². The summed E-state index contributed by atoms with van der Waals surface area (Å²) >= 11 is 1.78. The van der Waals surface area contributed by atoms with E-state index in [1.165, 1.54) is 20.9 Å². The van der Waals surface area contributed by atoms with Crippen LogP contribution in [-0.4, -0.2) is 0 Å². The summed E-state index contributed by atoms with van der Waals surface area (Å²) in [6.07, 6.45) is 0. The van der Waals surface area contributed by atoms with Gasteiger partial charge in [-0.1, -0.05) is 55.9 Å². The van der Waals surface area contributed by atoms with E-state index in [1.54, 1.807) is 11.8 Å². The quantitative estimate of drug-likeness (QED) is 0.848. The van der Waals surface area contributed by atoms with Gasteiger partial charge in [0.15, 0.2) is 0 Å². The molecule has 0 aliphatic heterocycles. The minimum Gasteiger partial charge on any atom is -0.324 e. The molecular weight excluding hydrogens is 250 g/mol. The van der Waals surface area contributed by atoms with Gasteiger partial charge in [-0.2, -0.15) is 0 Å². The summed E-state index contributed by atoms with van der Waals surface area (Å²) in [5, 5.41) is 0. The number of hydrogen-bond acceptors (Lipinski definition) is 2. The Bertz CT molecular complexity index is 529. The summed E-state index contributed by atoms with van der Waals surface area (Å²) in [4.78, 5) is 2.51. The van der Waals surface area contributed by atoms with Crippen LogP contribution in [0.1, 0.15) is 43.9 Å². The van der Waals surface area contributed by atoms with Crippen molar-refractivity contribution >= 4 is 11.8 Å². The number of rotatable bonds is 4. The second-order valence-corrected chi connectivity index (χ2v) is 6.27. The fraction of sp³-hybridized carbons (Fsp3) is 0.294. The van der Waals surface area contributed by atoms with Crippen LogP contribution in [0.3, 0.4) is 0 Å². The summed E-state index contributed by atoms with van der Waals surface area (Å²) < 4.78 is 0. The van der Waals surface area contributed by atoms with Gasteiger partial charge in [-0.25, -0.2) is 0 Å². The van der Waals surface area contributed by atoms with E-state index >= 15 is 0 Å². The van der Waals surface area contributed by atoms with E-state index in [2.05, 4.69) is 56.3 Å². The van der Waals surface area contributed by atoms with Crippen LogP contribution in [0.4, 0.5) is 0 Å². The molecule has 2 N–H and O–H groups in total. The highest BCUT2D eigenvalue weighted by Gasteiger charge is 2.07. The van der Waals surface area contributed by atoms with Crippen molar-refractivity contribution in [2.75, 3.05) is 0 Å². The van der Waals surface area contributed by atoms with E-state index in [-0.39, 0.29) is 6.04 Å². The third kappa shape index (κ3) is 3.62. The van der Waals surface area contributed by atoms with Gasteiger partial charge in [-0.3, -0.25) is 0 Å². The molecule has 0 aliphatic rings. The van der Waals surface area contributed by atoms with Gasteiger partial charge in [0.2, 0.25) is 0 Å². The highest BCUT2D eigenvalue weighted by atomic mass is 32.2. The molecule has 1 nitrogen and oxygen atoms in total. The van der Waals surface area contributed by atoms with E-state index in [4.69, 9.17) is 5.73 Å². The van der Waals surface area contributed by atoms with Crippen molar-refractivity contribution in [2.24, 2.45) is 5.73 Å². The second kappa shape index (κ2) is 6.27. The van der Waals surface area contributed by atoms with Crippen LogP contribution in [-0.2, 0) is 0 Å². The molecule has 0 saturated carbocycles. The molecule has 1 atom stereocenters. The molecule has 2 aromatic carbocycles. The number of benzene rings is 2. The number of nitrogens with two attached hydrogens (primary N) is 1. The third-order valence-electron chi connectivity index (χ3n) is 3.18. The summed E-state index contributed by atoms with van der Waals surface area (Å²) in [5.41, 5.74) is 8.61. The average molecular weight is 271 g/mol. The normalized spacial score (nSPS) is 12.7. The molecular formula is C17H21NS. The topological polar surface area (TPSA) is 26.0 Å². The summed E-state index contributed by atoms with van der Waals surface area (Å²) in [6.45, 7) is 6.46. The van der Waals surface area contributed by atoms with E-state index in [0.717, 1.165) is 0 Å². The molecule has 0 unspecified atom stereocenters. The van der Waals surface area contributed by atoms with Gasteiger partial charge in [-0.05, 0) is 42.2 Å². The molecule has 0 amide bonds. The van der Waals surface area contributed by atoms with Crippen molar-refractivity contribution in [1.29, 1.82) is 0 Å². The van der Waals surface area contributed by atoms with Crippen molar-refractivity contribution in [3.05, 3.63) is 59.7 Å². The van der Waals surface area contributed by atoms with Crippen LogP contribution in [0.15, 0.2) is 58.3 Å². The largest absolute Gasteiger partial charge is 0.324 e. The van der Waals surface area contributed by atoms with E-state index in [1.807, 2.05) is 13.0 Å². The summed E-state index contributed by atoms with van der Waals surface area (Å²) in [6, 6.07) is 17.2. The Morgan fingerprint density at radius 2 is 1.53 bits per heavy atom. The Morgan fingerprint density at radius 1 is 0.895 bits per heavy atom. The Hall–Kier alpha value is -1.25. The SMILES string of the molecule is CC(C)c1ccc(Sc2ccccc2[C@@H](C)N)cc1. The van der Waals surface area contributed by atoms with Gasteiger partial charge < -0.3 is 5.73 Å². The second-order valence-electron chi connectivity index (χ2n) is 5.15. The van der Waals surface area contributed by atoms with E-state index < -0.39 is 0 Å². The maximum Gasteiger partial charge on any atom is 0.0277 e. The molecule has 0 spiro atoms. The first-order chi connectivity index (χ1) is 9.08. The van der Waals surface area contributed by atoms with Crippen molar-refractivity contribution in [2.45, 2.75) is 42.5 Å². The highest BCUT2D eigenvalue weighted by molar-refractivity contribution is 7.99. The van der Waals surface area contributed by atoms with E-state index in [9.17, 15) is 0 Å². The molecule has 0 radical (unpaired) electrons. The lowest BCUT2D eigenvalue weighted by atomic mass is 10.0. The fourth-order valence-corrected chi connectivity index (χ4v) is 3.04. The molecule has 0 aliphatic carbocycles. The maximum absolute atomic E-state index is 6.02. The van der Waals surface area contributed by atoms with Crippen molar-refractivity contribution < 1.29 is 0 Å². The molecule has 0 saturated heterocycles. The third-order valence-corrected chi connectivity index (χ3v) is 4.28. The molecule has 0 heterocycles. The van der Waals surface area contributed by atoms with Gasteiger partial charge in [0, 0.05) is 15.8 Å². The van der Waals surface area contributed by atoms with E-state index in [0.29, 0.717) is 5.92 Å². The van der Waals surface area contributed by atoms with Crippen molar-refractivity contribution in [3.8, 4) is 0 Å². The Labute approximate surface area is 120 Å². The van der Waals surface area contributed by atoms with Gasteiger partial charge >= 0.3 is 0 Å². The van der Waals surface area contributed by atoms with Crippen LogP contribution in [0, 0.1) is 0 Å². The van der Waals surface area contributed by atoms with Crippen LogP contribution in [0.5, 0.6) is 0 Å². The minimum absolute atomic E-state index is 0.0682. The lowest BCUT2D eigenvalue weighted by Crippen LogP contribution is -2.05. The van der Waals surface area contributed by atoms with Crippen LogP contribution in [0.25, 0.3) is 0 Å². The molecule has 2 rings (SSSR count). The predicted molar refractivity (Wildman–Crippen MR) is 83.7 cm³/mol.